The first-order valence-electron chi connectivity index (χ1n) is 14.0. The molecule has 0 spiro atoms. The number of rotatable bonds is 0. The van der Waals surface area contributed by atoms with Crippen molar-refractivity contribution in [3.05, 3.63) is 0 Å². The maximum atomic E-state index is 3.35. The Morgan fingerprint density at radius 1 is 0.150 bits per heavy atom. The van der Waals surface area contributed by atoms with Crippen molar-refractivity contribution in [3.8, 4) is 94.7 Å². The van der Waals surface area contributed by atoms with Gasteiger partial charge in [0.15, 0.2) is 0 Å². The lowest BCUT2D eigenvalue weighted by atomic mass is 9.84. The van der Waals surface area contributed by atoms with E-state index in [9.17, 15) is 0 Å². The van der Waals surface area contributed by atoms with Gasteiger partial charge in [0.1, 0.15) is 0 Å². The molecule has 0 nitrogen and oxygen atoms in total. The third-order valence-corrected chi connectivity index (χ3v) is 5.50. The summed E-state index contributed by atoms with van der Waals surface area (Å²) in [6.07, 6.45) is 0. The van der Waals surface area contributed by atoms with Gasteiger partial charge in [0.2, 0.25) is 0 Å². The fourth-order valence-corrected chi connectivity index (χ4v) is 2.75. The first-order valence-corrected chi connectivity index (χ1v) is 14.0. The Balaban J connectivity index is 3.82. The Morgan fingerprint density at radius 3 is 0.250 bits per heavy atom. The predicted molar refractivity (Wildman–Crippen MR) is 172 cm³/mol. The van der Waals surface area contributed by atoms with Crippen LogP contribution in [0.1, 0.15) is 111 Å². The molecule has 1 aliphatic rings. The molecule has 40 heavy (non-hydrogen) atoms. The number of hydrogen-bond donors (Lipinski definition) is 0. The maximum Gasteiger partial charge on any atom is 0.0863 e. The summed E-state index contributed by atoms with van der Waals surface area (Å²) in [5.74, 6) is 53.6. The van der Waals surface area contributed by atoms with Crippen LogP contribution in [0.25, 0.3) is 0 Å². The van der Waals surface area contributed by atoms with Crippen LogP contribution in [0, 0.1) is 138 Å². The van der Waals surface area contributed by atoms with E-state index in [0.29, 0.717) is 0 Å². The highest BCUT2D eigenvalue weighted by Gasteiger charge is 2.21. The van der Waals surface area contributed by atoms with E-state index in [1.165, 1.54) is 0 Å². The van der Waals surface area contributed by atoms with Crippen molar-refractivity contribution >= 4 is 0 Å². The molecule has 0 bridgehead atoms. The molecule has 0 unspecified atom stereocenters. The first-order chi connectivity index (χ1) is 17.7. The molecule has 0 heteroatoms. The van der Waals surface area contributed by atoms with Gasteiger partial charge in [0.25, 0.3) is 0 Å². The average molecular weight is 529 g/mol. The van der Waals surface area contributed by atoms with Gasteiger partial charge in [-0.05, 0) is 111 Å². The molecule has 0 aromatic rings. The minimum absolute atomic E-state index is 0.504. The smallest absolute Gasteiger partial charge is 0.0824 e. The van der Waals surface area contributed by atoms with Crippen LogP contribution in [0.5, 0.6) is 0 Å². The van der Waals surface area contributed by atoms with Crippen molar-refractivity contribution in [1.82, 2.24) is 0 Å². The lowest BCUT2D eigenvalue weighted by molar-refractivity contribution is 0.625. The minimum atomic E-state index is -0.504. The fourth-order valence-electron chi connectivity index (χ4n) is 2.75. The van der Waals surface area contributed by atoms with Gasteiger partial charge >= 0.3 is 0 Å². The summed E-state index contributed by atoms with van der Waals surface area (Å²) in [6.45, 7) is 32.5. The van der Waals surface area contributed by atoms with E-state index in [2.05, 4.69) is 94.7 Å². The molecule has 0 saturated heterocycles. The van der Waals surface area contributed by atoms with Crippen molar-refractivity contribution in [2.45, 2.75) is 111 Å². The summed E-state index contributed by atoms with van der Waals surface area (Å²) >= 11 is 0. The van der Waals surface area contributed by atoms with Crippen LogP contribution in [0.2, 0.25) is 0 Å². The van der Waals surface area contributed by atoms with Gasteiger partial charge in [-0.2, -0.15) is 0 Å². The van der Waals surface area contributed by atoms with Crippen molar-refractivity contribution in [1.29, 1.82) is 0 Å². The van der Waals surface area contributed by atoms with Crippen LogP contribution in [0.15, 0.2) is 0 Å². The molecule has 0 amide bonds. The fraction of sp³-hybridized carbons (Fsp3) is 0.600. The zero-order valence-corrected chi connectivity index (χ0v) is 28.0. The molecule has 0 atom stereocenters. The minimum Gasteiger partial charge on any atom is -0.0824 e. The zero-order valence-electron chi connectivity index (χ0n) is 28.0. The van der Waals surface area contributed by atoms with Gasteiger partial charge in [-0.25, -0.2) is 0 Å². The molecule has 1 rings (SSSR count). The molecule has 0 saturated carbocycles. The second-order valence-corrected chi connectivity index (χ2v) is 15.0. The largest absolute Gasteiger partial charge is 0.0863 e. The average Bonchev–Trinajstić information content (AvgIpc) is 2.80. The number of hydrogen-bond acceptors (Lipinski definition) is 0. The second kappa shape index (κ2) is 11.5. The van der Waals surface area contributed by atoms with Crippen LogP contribution < -0.4 is 0 Å². The van der Waals surface area contributed by atoms with E-state index in [-0.39, 0.29) is 0 Å². The molecule has 208 valence electrons. The molecular formula is C40H48. The molecule has 0 aromatic carbocycles. The summed E-state index contributed by atoms with van der Waals surface area (Å²) in [4.78, 5) is 0. The lowest BCUT2D eigenvalue weighted by Gasteiger charge is -2.17. The standard InChI is InChI=1S/C40H48/c1-33(2)17-19-34(3,4)21-23-36(7,8)25-27-38(11,12)29-31-40(15,16)32-30-39(13,14)28-26-37(9,10)24-22-35(5,6)20-18-33/h1-16H3. The second-order valence-electron chi connectivity index (χ2n) is 15.0. The summed E-state index contributed by atoms with van der Waals surface area (Å²) in [5.41, 5.74) is -4.04. The molecule has 0 aliphatic heterocycles. The van der Waals surface area contributed by atoms with Crippen molar-refractivity contribution in [3.63, 3.8) is 0 Å². The molecule has 1 aliphatic carbocycles. The molecule has 0 radical (unpaired) electrons. The van der Waals surface area contributed by atoms with Crippen molar-refractivity contribution in [2.75, 3.05) is 0 Å². The Morgan fingerprint density at radius 2 is 0.200 bits per heavy atom. The molecule has 0 aromatic heterocycles. The topological polar surface area (TPSA) is 0 Å². The molecule has 0 fully saturated rings. The lowest BCUT2D eigenvalue weighted by Crippen LogP contribution is -2.15. The summed E-state index contributed by atoms with van der Waals surface area (Å²) in [5, 5.41) is 0. The highest BCUT2D eigenvalue weighted by Crippen LogP contribution is 2.24. The van der Waals surface area contributed by atoms with Crippen LogP contribution in [0.4, 0.5) is 0 Å². The third-order valence-electron chi connectivity index (χ3n) is 5.50. The highest BCUT2D eigenvalue weighted by atomic mass is 14.2. The van der Waals surface area contributed by atoms with E-state index in [4.69, 9.17) is 0 Å². The van der Waals surface area contributed by atoms with Crippen LogP contribution in [0.3, 0.4) is 0 Å². The van der Waals surface area contributed by atoms with Crippen LogP contribution >= 0.6 is 0 Å². The monoisotopic (exact) mass is 528 g/mol. The summed E-state index contributed by atoms with van der Waals surface area (Å²) in [7, 11) is 0. The van der Waals surface area contributed by atoms with E-state index < -0.39 is 43.3 Å². The van der Waals surface area contributed by atoms with E-state index in [1.54, 1.807) is 0 Å². The van der Waals surface area contributed by atoms with E-state index in [1.807, 2.05) is 111 Å². The normalized spacial score (nSPS) is 23.6. The van der Waals surface area contributed by atoms with Gasteiger partial charge in [0.05, 0.1) is 43.3 Å². The third kappa shape index (κ3) is 14.0. The molecular weight excluding hydrogens is 480 g/mol. The zero-order chi connectivity index (χ0) is 31.3. The van der Waals surface area contributed by atoms with Gasteiger partial charge in [0, 0.05) is 0 Å². The van der Waals surface area contributed by atoms with Gasteiger partial charge in [-0.1, -0.05) is 94.7 Å². The summed E-state index contributed by atoms with van der Waals surface area (Å²) in [6, 6.07) is 0. The Hall–Kier alpha value is -3.52. The molecule has 0 N–H and O–H groups in total. The van der Waals surface area contributed by atoms with Crippen LogP contribution in [-0.2, 0) is 0 Å². The maximum absolute atomic E-state index is 3.35. The van der Waals surface area contributed by atoms with E-state index in [0.717, 1.165) is 0 Å². The van der Waals surface area contributed by atoms with E-state index >= 15 is 0 Å². The predicted octanol–water partition coefficient (Wildman–Crippen LogP) is 8.24. The Bertz CT molecular complexity index is 1070. The van der Waals surface area contributed by atoms with Gasteiger partial charge in [-0.3, -0.25) is 0 Å². The van der Waals surface area contributed by atoms with Crippen molar-refractivity contribution < 1.29 is 0 Å². The Kier molecular flexibility index (Phi) is 9.95. The summed E-state index contributed by atoms with van der Waals surface area (Å²) < 4.78 is 0. The van der Waals surface area contributed by atoms with Crippen molar-refractivity contribution in [2.24, 2.45) is 43.3 Å². The Labute approximate surface area is 248 Å². The highest BCUT2D eigenvalue weighted by molar-refractivity contribution is 5.39. The van der Waals surface area contributed by atoms with Gasteiger partial charge in [-0.15, -0.1) is 0 Å². The first kappa shape index (κ1) is 34.5. The SMILES string of the molecule is CC1(C)C#CC(C)(C)C#CC(C)(C)C#CC(C)(C)C#CC(C)(C)C#CC(C)(C)C#CC(C)(C)C#CC(C)(C)C#C1. The molecule has 0 heterocycles. The van der Waals surface area contributed by atoms with Crippen LogP contribution in [-0.4, -0.2) is 0 Å². The quantitative estimate of drug-likeness (QED) is 0.278. The van der Waals surface area contributed by atoms with Gasteiger partial charge < -0.3 is 0 Å².